The van der Waals surface area contributed by atoms with Gasteiger partial charge in [0, 0.05) is 31.2 Å². The first kappa shape index (κ1) is 13.9. The van der Waals surface area contributed by atoms with Crippen LogP contribution in [0.4, 0.5) is 0 Å². The van der Waals surface area contributed by atoms with Crippen molar-refractivity contribution in [1.82, 2.24) is 9.80 Å². The lowest BCUT2D eigenvalue weighted by atomic mass is 9.76. The minimum atomic E-state index is 0.777. The number of rotatable bonds is 2. The first-order valence-corrected chi connectivity index (χ1v) is 8.66. The van der Waals surface area contributed by atoms with Gasteiger partial charge in [0.25, 0.3) is 0 Å². The Labute approximate surface area is 119 Å². The number of fused-ring (bicyclic) bond motifs is 1. The van der Waals surface area contributed by atoms with E-state index in [-0.39, 0.29) is 0 Å². The van der Waals surface area contributed by atoms with Gasteiger partial charge in [-0.1, -0.05) is 26.7 Å². The molecule has 0 N–H and O–H groups in total. The number of piperazine rings is 1. The maximum atomic E-state index is 2.91. The summed E-state index contributed by atoms with van der Waals surface area (Å²) in [6.07, 6.45) is 8.74. The van der Waals surface area contributed by atoms with Crippen molar-refractivity contribution in [2.24, 2.45) is 11.8 Å². The fourth-order valence-corrected chi connectivity index (χ4v) is 5.00. The van der Waals surface area contributed by atoms with Crippen molar-refractivity contribution in [3.63, 3.8) is 0 Å². The summed E-state index contributed by atoms with van der Waals surface area (Å²) in [6.45, 7) is 11.4. The summed E-state index contributed by atoms with van der Waals surface area (Å²) in [5.41, 5.74) is 0. The summed E-state index contributed by atoms with van der Waals surface area (Å²) in [4.78, 5) is 5.67. The van der Waals surface area contributed by atoms with Crippen LogP contribution in [0.2, 0.25) is 0 Å². The smallest absolute Gasteiger partial charge is 0.0224 e. The zero-order valence-corrected chi connectivity index (χ0v) is 13.1. The molecule has 2 aliphatic heterocycles. The molecule has 0 spiro atoms. The fourth-order valence-electron chi connectivity index (χ4n) is 5.00. The molecule has 1 aliphatic carbocycles. The topological polar surface area (TPSA) is 6.48 Å². The highest BCUT2D eigenvalue weighted by Gasteiger charge is 2.40. The van der Waals surface area contributed by atoms with Crippen LogP contribution in [0.5, 0.6) is 0 Å². The van der Waals surface area contributed by atoms with Gasteiger partial charge >= 0.3 is 0 Å². The van der Waals surface area contributed by atoms with Crippen LogP contribution in [0, 0.1) is 11.8 Å². The van der Waals surface area contributed by atoms with Gasteiger partial charge in [0.15, 0.2) is 0 Å². The molecule has 2 heterocycles. The summed E-state index contributed by atoms with van der Waals surface area (Å²) in [7, 11) is 0. The van der Waals surface area contributed by atoms with Crippen LogP contribution >= 0.6 is 0 Å². The van der Waals surface area contributed by atoms with E-state index in [1.807, 2.05) is 0 Å². The maximum Gasteiger partial charge on any atom is 0.0224 e. The fraction of sp³-hybridized carbons (Fsp3) is 1.00. The molecule has 0 aromatic heterocycles. The van der Waals surface area contributed by atoms with Gasteiger partial charge in [-0.25, -0.2) is 0 Å². The Kier molecular flexibility index (Phi) is 4.19. The van der Waals surface area contributed by atoms with Crippen LogP contribution < -0.4 is 0 Å². The van der Waals surface area contributed by atoms with E-state index in [1.165, 1.54) is 58.2 Å². The van der Waals surface area contributed by atoms with Gasteiger partial charge in [-0.3, -0.25) is 9.80 Å². The second-order valence-electron chi connectivity index (χ2n) is 7.60. The summed E-state index contributed by atoms with van der Waals surface area (Å²) in [6, 6.07) is 2.54. The molecule has 0 amide bonds. The van der Waals surface area contributed by atoms with Crippen LogP contribution in [0.25, 0.3) is 0 Å². The van der Waals surface area contributed by atoms with E-state index in [0.717, 1.165) is 30.0 Å². The molecule has 3 aliphatic rings. The molecule has 0 aromatic rings. The highest BCUT2D eigenvalue weighted by molar-refractivity contribution is 4.96. The minimum absolute atomic E-state index is 0.777. The zero-order chi connectivity index (χ0) is 13.4. The third-order valence-electron chi connectivity index (χ3n) is 6.05. The van der Waals surface area contributed by atoms with Crippen molar-refractivity contribution in [1.29, 1.82) is 0 Å². The van der Waals surface area contributed by atoms with Crippen LogP contribution in [0.1, 0.15) is 59.3 Å². The van der Waals surface area contributed by atoms with Crippen molar-refractivity contribution in [2.45, 2.75) is 77.4 Å². The molecule has 110 valence electrons. The van der Waals surface area contributed by atoms with Crippen molar-refractivity contribution in [2.75, 3.05) is 19.6 Å². The molecule has 2 heteroatoms. The maximum absolute atomic E-state index is 2.91. The lowest BCUT2D eigenvalue weighted by Gasteiger charge is -2.50. The predicted octanol–water partition coefficient (Wildman–Crippen LogP) is 3.37. The van der Waals surface area contributed by atoms with E-state index in [0.29, 0.717) is 0 Å². The third-order valence-corrected chi connectivity index (χ3v) is 6.05. The van der Waals surface area contributed by atoms with Crippen molar-refractivity contribution in [3.8, 4) is 0 Å². The standard InChI is InChI=1S/C17H32N2/c1-13(2)16-8-4-5-9-17(16)19-12-15-7-6-10-18(15)11-14(19)3/h13-17H,4-12H2,1-3H3. The summed E-state index contributed by atoms with van der Waals surface area (Å²) >= 11 is 0. The van der Waals surface area contributed by atoms with Gasteiger partial charge in [-0.15, -0.1) is 0 Å². The second kappa shape index (κ2) is 5.73. The quantitative estimate of drug-likeness (QED) is 0.754. The average Bonchev–Trinajstić information content (AvgIpc) is 2.84. The number of hydrogen-bond acceptors (Lipinski definition) is 2. The van der Waals surface area contributed by atoms with Gasteiger partial charge in [-0.2, -0.15) is 0 Å². The molecule has 4 unspecified atom stereocenters. The van der Waals surface area contributed by atoms with Crippen molar-refractivity contribution in [3.05, 3.63) is 0 Å². The third kappa shape index (κ3) is 2.71. The monoisotopic (exact) mass is 264 g/mol. The SMILES string of the molecule is CC(C)C1CCCCC1N1CC2CCCN2CC1C. The van der Waals surface area contributed by atoms with Crippen LogP contribution in [0.15, 0.2) is 0 Å². The van der Waals surface area contributed by atoms with Gasteiger partial charge in [0.1, 0.15) is 0 Å². The number of hydrogen-bond donors (Lipinski definition) is 0. The van der Waals surface area contributed by atoms with Gasteiger partial charge in [0.2, 0.25) is 0 Å². The molecule has 4 atom stereocenters. The molecular weight excluding hydrogens is 232 g/mol. The Morgan fingerprint density at radius 1 is 0.947 bits per heavy atom. The first-order valence-electron chi connectivity index (χ1n) is 8.66. The molecular formula is C17H32N2. The highest BCUT2D eigenvalue weighted by Crippen LogP contribution is 2.37. The molecule has 19 heavy (non-hydrogen) atoms. The molecule has 0 radical (unpaired) electrons. The Bertz CT molecular complexity index is 302. The van der Waals surface area contributed by atoms with Crippen LogP contribution in [0.3, 0.4) is 0 Å². The Morgan fingerprint density at radius 3 is 2.53 bits per heavy atom. The second-order valence-corrected chi connectivity index (χ2v) is 7.60. The zero-order valence-electron chi connectivity index (χ0n) is 13.1. The molecule has 3 rings (SSSR count). The van der Waals surface area contributed by atoms with Gasteiger partial charge in [0.05, 0.1) is 0 Å². The van der Waals surface area contributed by atoms with Crippen molar-refractivity contribution >= 4 is 0 Å². The predicted molar refractivity (Wildman–Crippen MR) is 81.3 cm³/mol. The molecule has 0 aromatic carbocycles. The molecule has 0 bridgehead atoms. The summed E-state index contributed by atoms with van der Waals surface area (Å²) in [5, 5.41) is 0. The lowest BCUT2D eigenvalue weighted by Crippen LogP contribution is -2.60. The average molecular weight is 264 g/mol. The first-order chi connectivity index (χ1) is 9.16. The van der Waals surface area contributed by atoms with Gasteiger partial charge in [-0.05, 0) is 51.0 Å². The Balaban J connectivity index is 1.72. The highest BCUT2D eigenvalue weighted by atomic mass is 15.3. The van der Waals surface area contributed by atoms with E-state index < -0.39 is 0 Å². The van der Waals surface area contributed by atoms with E-state index in [1.54, 1.807) is 0 Å². The van der Waals surface area contributed by atoms with Crippen molar-refractivity contribution < 1.29 is 0 Å². The van der Waals surface area contributed by atoms with E-state index in [4.69, 9.17) is 0 Å². The summed E-state index contributed by atoms with van der Waals surface area (Å²) in [5.74, 6) is 1.81. The normalized spacial score (nSPS) is 41.7. The summed E-state index contributed by atoms with van der Waals surface area (Å²) < 4.78 is 0. The molecule has 3 fully saturated rings. The van der Waals surface area contributed by atoms with Crippen LogP contribution in [-0.4, -0.2) is 47.6 Å². The lowest BCUT2D eigenvalue weighted by molar-refractivity contribution is -0.0146. The Morgan fingerprint density at radius 2 is 1.74 bits per heavy atom. The van der Waals surface area contributed by atoms with E-state index in [2.05, 4.69) is 30.6 Å². The molecule has 2 saturated heterocycles. The van der Waals surface area contributed by atoms with E-state index in [9.17, 15) is 0 Å². The molecule has 2 nitrogen and oxygen atoms in total. The minimum Gasteiger partial charge on any atom is -0.298 e. The molecule has 1 saturated carbocycles. The Hall–Kier alpha value is -0.0800. The number of nitrogens with zero attached hydrogens (tertiary/aromatic N) is 2. The van der Waals surface area contributed by atoms with Gasteiger partial charge < -0.3 is 0 Å². The van der Waals surface area contributed by atoms with E-state index >= 15 is 0 Å². The largest absolute Gasteiger partial charge is 0.298 e. The van der Waals surface area contributed by atoms with Crippen LogP contribution in [-0.2, 0) is 0 Å².